The molecule has 16 heteroatoms. The maximum atomic E-state index is 10.9. The van der Waals surface area contributed by atoms with Gasteiger partial charge in [-0.3, -0.25) is 35.1 Å². The minimum absolute atomic E-state index is 0.175. The first kappa shape index (κ1) is 25.8. The van der Waals surface area contributed by atoms with Gasteiger partial charge >= 0.3 is 17.4 Å². The highest BCUT2D eigenvalue weighted by molar-refractivity contribution is 7.97. The van der Waals surface area contributed by atoms with Crippen molar-refractivity contribution in [1.82, 2.24) is 15.0 Å². The van der Waals surface area contributed by atoms with Crippen LogP contribution in [0.25, 0.3) is 0 Å². The van der Waals surface area contributed by atoms with Gasteiger partial charge in [-0.25, -0.2) is 9.78 Å². The summed E-state index contributed by atoms with van der Waals surface area (Å²) in [5, 5.41) is 42.7. The lowest BCUT2D eigenvalue weighted by atomic mass is 10.2. The third-order valence-electron chi connectivity index (χ3n) is 3.62. The molecule has 1 heterocycles. The normalized spacial score (nSPS) is 9.69. The Bertz CT molecular complexity index is 941. The minimum atomic E-state index is -1.21. The van der Waals surface area contributed by atoms with E-state index < -0.39 is 37.6 Å². The van der Waals surface area contributed by atoms with E-state index in [0.29, 0.717) is 12.1 Å². The lowest BCUT2D eigenvalue weighted by Gasteiger charge is -2.17. The highest BCUT2D eigenvalue weighted by Gasteiger charge is 2.30. The van der Waals surface area contributed by atoms with Crippen molar-refractivity contribution in [1.29, 1.82) is 0 Å². The number of nitrogens with one attached hydrogen (secondary N) is 2. The van der Waals surface area contributed by atoms with Crippen molar-refractivity contribution in [2.45, 2.75) is 0 Å². The van der Waals surface area contributed by atoms with Crippen LogP contribution in [-0.2, 0) is 0 Å². The molecule has 0 aliphatic rings. The third-order valence-corrected chi connectivity index (χ3v) is 4.34. The van der Waals surface area contributed by atoms with Crippen LogP contribution in [0.2, 0.25) is 0 Å². The molecule has 1 aromatic heterocycles. The Morgan fingerprint density at radius 3 is 2.16 bits per heavy atom. The van der Waals surface area contributed by atoms with Crippen molar-refractivity contribution in [3.63, 3.8) is 0 Å². The molecule has 172 valence electrons. The highest BCUT2D eigenvalue weighted by atomic mass is 32.2. The van der Waals surface area contributed by atoms with Crippen LogP contribution < -0.4 is 14.9 Å². The fraction of sp³-hybridized carbons (Fsp3) is 0.250. The number of carbonyl (C=O) groups excluding carboxylic acids is 1. The number of hydrogen-bond acceptors (Lipinski definition) is 11. The largest absolute Gasteiger partial charge is 0.497 e. The number of amides is 2. The van der Waals surface area contributed by atoms with Crippen LogP contribution in [0.15, 0.2) is 36.5 Å². The van der Waals surface area contributed by atoms with E-state index in [9.17, 15) is 35.1 Å². The van der Waals surface area contributed by atoms with Crippen LogP contribution in [0.1, 0.15) is 0 Å². The second kappa shape index (κ2) is 12.5. The number of nitro benzene ring substituents is 3. The third kappa shape index (κ3) is 7.90. The maximum Gasteiger partial charge on any atom is 0.324 e. The van der Waals surface area contributed by atoms with Gasteiger partial charge in [-0.05, 0) is 24.1 Å². The molecule has 2 amide bonds. The molecule has 0 aliphatic carbocycles. The Morgan fingerprint density at radius 1 is 1.12 bits per heavy atom. The van der Waals surface area contributed by atoms with Gasteiger partial charge in [0.1, 0.15) is 5.82 Å². The first-order chi connectivity index (χ1) is 15.1. The van der Waals surface area contributed by atoms with Gasteiger partial charge in [0.15, 0.2) is 0 Å². The molecular formula is C16H19N7O8S. The molecule has 0 unspecified atom stereocenters. The highest BCUT2D eigenvalue weighted by Crippen LogP contribution is 2.38. The van der Waals surface area contributed by atoms with Crippen molar-refractivity contribution in [2.24, 2.45) is 0 Å². The average Bonchev–Trinajstić information content (AvgIpc) is 2.76. The van der Waals surface area contributed by atoms with Crippen molar-refractivity contribution < 1.29 is 24.7 Å². The minimum Gasteiger partial charge on any atom is -0.497 e. The van der Waals surface area contributed by atoms with Gasteiger partial charge in [-0.15, -0.1) is 0 Å². The summed E-state index contributed by atoms with van der Waals surface area (Å²) >= 11 is 1.38. The number of aromatic hydroxyl groups is 1. The summed E-state index contributed by atoms with van der Waals surface area (Å²) in [7, 11) is 3.57. The van der Waals surface area contributed by atoms with Crippen LogP contribution in [0.4, 0.5) is 27.7 Å². The maximum absolute atomic E-state index is 10.9. The Balaban J connectivity index is 0.000000320. The van der Waals surface area contributed by atoms with Crippen LogP contribution in [0, 0.1) is 30.3 Å². The molecule has 3 N–H and O–H groups in total. The number of benzene rings is 1. The summed E-state index contributed by atoms with van der Waals surface area (Å²) in [4.78, 5) is 44.9. The molecule has 2 aromatic rings. The van der Waals surface area contributed by atoms with Gasteiger partial charge in [0.2, 0.25) is 0 Å². The summed E-state index contributed by atoms with van der Waals surface area (Å²) in [6, 6.07) is 6.51. The number of rotatable bonds is 8. The van der Waals surface area contributed by atoms with Gasteiger partial charge in [-0.1, -0.05) is 6.07 Å². The monoisotopic (exact) mass is 469 g/mol. The molecule has 0 radical (unpaired) electrons. The van der Waals surface area contributed by atoms with Gasteiger partial charge in [0.05, 0.1) is 26.9 Å². The van der Waals surface area contributed by atoms with E-state index in [1.165, 1.54) is 11.9 Å². The molecule has 2 rings (SSSR count). The molecule has 32 heavy (non-hydrogen) atoms. The summed E-state index contributed by atoms with van der Waals surface area (Å²) in [6.07, 6.45) is 1.77. The van der Waals surface area contributed by atoms with E-state index in [2.05, 4.69) is 15.0 Å². The number of aromatic nitrogens is 1. The molecule has 0 atom stereocenters. The second-order valence-corrected chi connectivity index (χ2v) is 6.64. The predicted molar refractivity (Wildman–Crippen MR) is 116 cm³/mol. The van der Waals surface area contributed by atoms with E-state index >= 15 is 0 Å². The zero-order valence-corrected chi connectivity index (χ0v) is 17.6. The smallest absolute Gasteiger partial charge is 0.324 e. The number of hydrogen-bond donors (Lipinski definition) is 3. The van der Waals surface area contributed by atoms with Gasteiger partial charge < -0.3 is 15.3 Å². The first-order valence-electron chi connectivity index (χ1n) is 8.60. The van der Waals surface area contributed by atoms with Crippen molar-refractivity contribution in [3.05, 3.63) is 66.9 Å². The topological polar surface area (TPSA) is 207 Å². The molecule has 0 fully saturated rings. The van der Waals surface area contributed by atoms with Gasteiger partial charge in [-0.2, -0.15) is 0 Å². The zero-order valence-electron chi connectivity index (χ0n) is 16.8. The number of pyridine rings is 1. The Hall–Kier alpha value is -4.21. The molecule has 0 saturated heterocycles. The van der Waals surface area contributed by atoms with Crippen molar-refractivity contribution in [2.75, 3.05) is 31.3 Å². The van der Waals surface area contributed by atoms with Crippen molar-refractivity contribution >= 4 is 40.9 Å². The van der Waals surface area contributed by atoms with Crippen LogP contribution in [-0.4, -0.2) is 57.3 Å². The van der Waals surface area contributed by atoms with Crippen LogP contribution in [0.5, 0.6) is 5.75 Å². The summed E-state index contributed by atoms with van der Waals surface area (Å²) in [5.74, 6) is 0.532. The zero-order chi connectivity index (χ0) is 24.3. The van der Waals surface area contributed by atoms with Crippen LogP contribution >= 0.6 is 11.9 Å². The van der Waals surface area contributed by atoms with E-state index in [0.717, 1.165) is 18.1 Å². The molecule has 1 aromatic carbocycles. The average molecular weight is 469 g/mol. The second-order valence-electron chi connectivity index (χ2n) is 5.74. The SMILES string of the molecule is CNC(=O)NSCCN(C)c1ccccn1.O=[N+]([O-])c1cc([N+](=O)[O-])c(O)c([N+](=O)[O-])c1. The Morgan fingerprint density at radius 2 is 1.72 bits per heavy atom. The first-order valence-corrected chi connectivity index (χ1v) is 9.58. The van der Waals surface area contributed by atoms with E-state index in [-0.39, 0.29) is 6.03 Å². The summed E-state index contributed by atoms with van der Waals surface area (Å²) in [6.45, 7) is 0.825. The van der Waals surface area contributed by atoms with Crippen LogP contribution in [0.3, 0.4) is 0 Å². The number of non-ortho nitro benzene ring substituents is 1. The quantitative estimate of drug-likeness (QED) is 0.221. The van der Waals surface area contributed by atoms with Gasteiger partial charge in [0.25, 0.3) is 11.4 Å². The number of nitro groups is 3. The lowest BCUT2D eigenvalue weighted by Crippen LogP contribution is -2.29. The number of nitrogens with zero attached hydrogens (tertiary/aromatic N) is 5. The molecule has 0 spiro atoms. The standard InChI is InChI=1S/C10H16N4OS.C6H3N3O7/c1-11-10(15)13-16-8-7-14(2)9-5-3-4-6-12-9;10-6-4(8(13)14)1-3(7(11)12)2-5(6)9(15)16/h3-6H,7-8H2,1-2H3,(H2,11,13,15);1-2,10H. The lowest BCUT2D eigenvalue weighted by molar-refractivity contribution is -0.404. The molecule has 15 nitrogen and oxygen atoms in total. The fourth-order valence-corrected chi connectivity index (χ4v) is 2.72. The summed E-state index contributed by atoms with van der Waals surface area (Å²) in [5.41, 5.74) is -3.00. The summed E-state index contributed by atoms with van der Waals surface area (Å²) < 4.78 is 2.66. The number of urea groups is 1. The van der Waals surface area contributed by atoms with E-state index in [1.54, 1.807) is 13.2 Å². The number of anilines is 1. The fourth-order valence-electron chi connectivity index (χ4n) is 2.02. The molecule has 0 bridgehead atoms. The van der Waals surface area contributed by atoms with E-state index in [4.69, 9.17) is 5.11 Å². The molecule has 0 saturated carbocycles. The Labute approximate surface area is 185 Å². The molecule has 0 aliphatic heterocycles. The van der Waals surface area contributed by atoms with E-state index in [1.807, 2.05) is 30.1 Å². The molecular weight excluding hydrogens is 450 g/mol. The number of phenols is 1. The Kier molecular flexibility index (Phi) is 10.1. The number of carbonyl (C=O) groups is 1. The number of phenolic OH excluding ortho intramolecular Hbond substituents is 1. The van der Waals surface area contributed by atoms with Gasteiger partial charge in [0, 0.05) is 32.6 Å². The van der Waals surface area contributed by atoms with Crippen molar-refractivity contribution in [3.8, 4) is 5.75 Å². The predicted octanol–water partition coefficient (Wildman–Crippen LogP) is 2.21.